The highest BCUT2D eigenvalue weighted by atomic mass is 79.9. The number of hydrogen-bond donors (Lipinski definition) is 0. The fraction of sp³-hybridized carbons (Fsp3) is 0.370. The molecule has 2 aliphatic rings. The number of anilines is 1. The maximum absolute atomic E-state index is 13.9. The Kier molecular flexibility index (Phi) is 7.96. The van der Waals surface area contributed by atoms with Crippen LogP contribution in [0.25, 0.3) is 6.08 Å². The molecule has 12 heteroatoms. The Morgan fingerprint density at radius 3 is 2.64 bits per heavy atom. The van der Waals surface area contributed by atoms with E-state index >= 15 is 0 Å². The maximum Gasteiger partial charge on any atom is 0.338 e. The number of halogens is 1. The van der Waals surface area contributed by atoms with Crippen molar-refractivity contribution in [3.63, 3.8) is 0 Å². The summed E-state index contributed by atoms with van der Waals surface area (Å²) in [5.41, 5.74) is 1.14. The molecule has 1 saturated heterocycles. The van der Waals surface area contributed by atoms with E-state index in [1.165, 1.54) is 23.0 Å². The molecule has 10 nitrogen and oxygen atoms in total. The van der Waals surface area contributed by atoms with Crippen molar-refractivity contribution in [2.75, 3.05) is 52.0 Å². The lowest BCUT2D eigenvalue weighted by Crippen LogP contribution is -2.39. The van der Waals surface area contributed by atoms with E-state index in [4.69, 9.17) is 23.4 Å². The number of benzene rings is 1. The fourth-order valence-electron chi connectivity index (χ4n) is 4.69. The molecule has 4 heterocycles. The Balaban J connectivity index is 1.65. The first-order chi connectivity index (χ1) is 18.9. The number of hydrogen-bond acceptors (Lipinski definition) is 10. The summed E-state index contributed by atoms with van der Waals surface area (Å²) in [6.45, 7) is 6.36. The van der Waals surface area contributed by atoms with Crippen LogP contribution in [0.4, 0.5) is 5.88 Å². The summed E-state index contributed by atoms with van der Waals surface area (Å²) in [7, 11) is 3.08. The number of thiazole rings is 1. The Hall–Kier alpha value is -3.35. The molecule has 0 bridgehead atoms. The van der Waals surface area contributed by atoms with Gasteiger partial charge in [0.2, 0.25) is 5.88 Å². The summed E-state index contributed by atoms with van der Waals surface area (Å²) in [5.74, 6) is 1.70. The molecule has 0 radical (unpaired) electrons. The highest BCUT2D eigenvalue weighted by Crippen LogP contribution is 2.36. The van der Waals surface area contributed by atoms with E-state index in [9.17, 15) is 9.59 Å². The third kappa shape index (κ3) is 5.15. The van der Waals surface area contributed by atoms with Gasteiger partial charge >= 0.3 is 5.97 Å². The molecule has 0 saturated carbocycles. The van der Waals surface area contributed by atoms with Gasteiger partial charge in [-0.25, -0.2) is 9.79 Å². The Morgan fingerprint density at radius 1 is 1.21 bits per heavy atom. The molecule has 0 unspecified atom stereocenters. The van der Waals surface area contributed by atoms with Gasteiger partial charge in [0.25, 0.3) is 5.56 Å². The third-order valence-electron chi connectivity index (χ3n) is 6.50. The van der Waals surface area contributed by atoms with Gasteiger partial charge in [-0.2, -0.15) is 0 Å². The topological polar surface area (TPSA) is 105 Å². The second kappa shape index (κ2) is 11.4. The van der Waals surface area contributed by atoms with Gasteiger partial charge < -0.3 is 28.3 Å². The standard InChI is InChI=1S/C27H28BrN3O7S/c1-5-37-26(33)22-15(2)29-27-31(23(22)16-6-7-19(34-3)20(12-16)35-4)24(32)21(39-27)14-17-13-18(28)25(38-17)30-8-10-36-11-9-30/h6-7,12-14,23H,5,8-11H2,1-4H3/b21-14+/t23-/m0/s1. The van der Waals surface area contributed by atoms with Crippen LogP contribution < -0.4 is 29.3 Å². The minimum Gasteiger partial charge on any atom is -0.493 e. The number of furan rings is 1. The van der Waals surface area contributed by atoms with E-state index in [0.29, 0.717) is 62.5 Å². The van der Waals surface area contributed by atoms with E-state index in [2.05, 4.69) is 25.8 Å². The number of morpholine rings is 1. The second-order valence-corrected chi connectivity index (χ2v) is 10.7. The average molecular weight is 619 g/mol. The number of carbonyl (C=O) groups excluding carboxylic acids is 1. The van der Waals surface area contributed by atoms with Gasteiger partial charge in [-0.3, -0.25) is 9.36 Å². The van der Waals surface area contributed by atoms with Gasteiger partial charge in [0.1, 0.15) is 5.76 Å². The normalized spacial score (nSPS) is 17.6. The van der Waals surface area contributed by atoms with Crippen LogP contribution in [-0.2, 0) is 14.3 Å². The molecule has 0 N–H and O–H groups in total. The lowest BCUT2D eigenvalue weighted by molar-refractivity contribution is -0.139. The molecular weight excluding hydrogens is 590 g/mol. The van der Waals surface area contributed by atoms with Gasteiger partial charge in [-0.1, -0.05) is 17.4 Å². The lowest BCUT2D eigenvalue weighted by atomic mass is 9.95. The van der Waals surface area contributed by atoms with Crippen LogP contribution in [0.15, 0.2) is 54.2 Å². The van der Waals surface area contributed by atoms with Crippen molar-refractivity contribution in [3.8, 4) is 11.5 Å². The first kappa shape index (κ1) is 27.2. The minimum absolute atomic E-state index is 0.192. The first-order valence-corrected chi connectivity index (χ1v) is 14.0. The number of esters is 1. The summed E-state index contributed by atoms with van der Waals surface area (Å²) >= 11 is 4.81. The van der Waals surface area contributed by atoms with E-state index in [1.807, 2.05) is 6.07 Å². The van der Waals surface area contributed by atoms with Crippen LogP contribution in [0, 0.1) is 0 Å². The van der Waals surface area contributed by atoms with E-state index in [1.54, 1.807) is 45.2 Å². The first-order valence-electron chi connectivity index (χ1n) is 12.4. The van der Waals surface area contributed by atoms with Crippen molar-refractivity contribution in [3.05, 3.63) is 71.0 Å². The lowest BCUT2D eigenvalue weighted by Gasteiger charge is -2.26. The third-order valence-corrected chi connectivity index (χ3v) is 8.05. The molecule has 2 aliphatic heterocycles. The van der Waals surface area contributed by atoms with Gasteiger partial charge in [-0.05, 0) is 47.5 Å². The Bertz CT molecular complexity index is 1610. The number of aromatic nitrogens is 1. The summed E-state index contributed by atoms with van der Waals surface area (Å²) in [6, 6.07) is 6.38. The average Bonchev–Trinajstić information content (AvgIpc) is 3.46. The zero-order valence-corrected chi connectivity index (χ0v) is 24.4. The molecule has 0 spiro atoms. The summed E-state index contributed by atoms with van der Waals surface area (Å²) < 4.78 is 30.6. The van der Waals surface area contributed by atoms with Gasteiger partial charge in [0, 0.05) is 25.2 Å². The highest BCUT2D eigenvalue weighted by molar-refractivity contribution is 9.10. The van der Waals surface area contributed by atoms with Gasteiger partial charge in [-0.15, -0.1) is 0 Å². The predicted octanol–water partition coefficient (Wildman–Crippen LogP) is 3.01. The van der Waals surface area contributed by atoms with Crippen molar-refractivity contribution >= 4 is 45.2 Å². The van der Waals surface area contributed by atoms with Gasteiger partial charge in [0.15, 0.2) is 16.3 Å². The summed E-state index contributed by atoms with van der Waals surface area (Å²) in [4.78, 5) is 34.2. The summed E-state index contributed by atoms with van der Waals surface area (Å²) in [6.07, 6.45) is 1.70. The van der Waals surface area contributed by atoms with Crippen LogP contribution in [0.5, 0.6) is 11.5 Å². The number of allylic oxidation sites excluding steroid dienone is 1. The minimum atomic E-state index is -0.769. The SMILES string of the molecule is CCOC(=O)C1=C(C)N=c2s/c(=C/c3cc(Br)c(N4CCOCC4)o3)c(=O)n2[C@H]1c1ccc(OC)c(OC)c1. The van der Waals surface area contributed by atoms with Crippen molar-refractivity contribution < 1.29 is 28.2 Å². The van der Waals surface area contributed by atoms with Crippen molar-refractivity contribution in [2.24, 2.45) is 4.99 Å². The molecule has 1 aromatic carbocycles. The van der Waals surface area contributed by atoms with E-state index in [-0.39, 0.29) is 12.2 Å². The van der Waals surface area contributed by atoms with Crippen molar-refractivity contribution in [1.29, 1.82) is 0 Å². The van der Waals surface area contributed by atoms with Crippen LogP contribution in [0.3, 0.4) is 0 Å². The number of methoxy groups -OCH3 is 2. The fourth-order valence-corrected chi connectivity index (χ4v) is 6.27. The largest absolute Gasteiger partial charge is 0.493 e. The van der Waals surface area contributed by atoms with Crippen LogP contribution >= 0.6 is 27.3 Å². The van der Waals surface area contributed by atoms with Crippen molar-refractivity contribution in [2.45, 2.75) is 19.9 Å². The van der Waals surface area contributed by atoms with Gasteiger partial charge in [0.05, 0.1) is 60.4 Å². The molecule has 1 fully saturated rings. The molecule has 0 amide bonds. The zero-order chi connectivity index (χ0) is 27.7. The van der Waals surface area contributed by atoms with Crippen LogP contribution in [-0.4, -0.2) is 57.7 Å². The quantitative estimate of drug-likeness (QED) is 0.373. The maximum atomic E-state index is 13.9. The number of ether oxygens (including phenoxy) is 4. The molecule has 2 aromatic heterocycles. The second-order valence-electron chi connectivity index (χ2n) is 8.82. The highest BCUT2D eigenvalue weighted by Gasteiger charge is 2.34. The zero-order valence-electron chi connectivity index (χ0n) is 22.0. The van der Waals surface area contributed by atoms with Crippen LogP contribution in [0.2, 0.25) is 0 Å². The molecule has 206 valence electrons. The molecule has 0 aliphatic carbocycles. The smallest absolute Gasteiger partial charge is 0.338 e. The molecule has 1 atom stereocenters. The predicted molar refractivity (Wildman–Crippen MR) is 149 cm³/mol. The van der Waals surface area contributed by atoms with E-state index in [0.717, 1.165) is 17.6 Å². The molecule has 5 rings (SSSR count). The Morgan fingerprint density at radius 2 is 1.95 bits per heavy atom. The number of rotatable bonds is 7. The molecular formula is C27H28BrN3O7S. The number of fused-ring (bicyclic) bond motifs is 1. The monoisotopic (exact) mass is 617 g/mol. The number of nitrogens with zero attached hydrogens (tertiary/aromatic N) is 3. The number of carbonyl (C=O) groups is 1. The van der Waals surface area contributed by atoms with Crippen molar-refractivity contribution in [1.82, 2.24) is 4.57 Å². The Labute approximate surface area is 236 Å². The van der Waals surface area contributed by atoms with Crippen LogP contribution in [0.1, 0.15) is 31.2 Å². The molecule has 39 heavy (non-hydrogen) atoms. The van der Waals surface area contributed by atoms with E-state index < -0.39 is 12.0 Å². The molecule has 3 aromatic rings. The summed E-state index contributed by atoms with van der Waals surface area (Å²) in [5, 5.41) is 0.